The van der Waals surface area contributed by atoms with Crippen molar-refractivity contribution in [1.82, 2.24) is 5.32 Å². The molecule has 1 saturated carbocycles. The Morgan fingerprint density at radius 2 is 1.75 bits per heavy atom. The zero-order valence-corrected chi connectivity index (χ0v) is 10.5. The number of rotatable bonds is 6. The van der Waals surface area contributed by atoms with E-state index < -0.39 is 12.5 Å². The Balaban J connectivity index is 2.40. The first kappa shape index (κ1) is 13.9. The van der Waals surface area contributed by atoms with Gasteiger partial charge in [0.05, 0.1) is 6.04 Å². The van der Waals surface area contributed by atoms with E-state index in [4.69, 9.17) is 0 Å². The lowest BCUT2D eigenvalue weighted by molar-refractivity contribution is 0.0521. The van der Waals surface area contributed by atoms with Gasteiger partial charge in [0.1, 0.15) is 0 Å². The molecule has 1 rings (SSSR count). The minimum Gasteiger partial charge on any atom is -0.309 e. The third-order valence-corrected chi connectivity index (χ3v) is 3.88. The fourth-order valence-electron chi connectivity index (χ4n) is 2.73. The summed E-state index contributed by atoms with van der Waals surface area (Å²) in [7, 11) is 0. The van der Waals surface area contributed by atoms with Crippen LogP contribution in [0.5, 0.6) is 0 Å². The molecule has 0 aromatic carbocycles. The van der Waals surface area contributed by atoms with Crippen LogP contribution in [0.3, 0.4) is 0 Å². The van der Waals surface area contributed by atoms with Gasteiger partial charge in [-0.1, -0.05) is 33.1 Å². The van der Waals surface area contributed by atoms with E-state index >= 15 is 0 Å². The monoisotopic (exact) mass is 233 g/mol. The highest BCUT2D eigenvalue weighted by Gasteiger charge is 2.31. The smallest absolute Gasteiger partial charge is 0.253 e. The predicted molar refractivity (Wildman–Crippen MR) is 63.8 cm³/mol. The van der Waals surface area contributed by atoms with Crippen LogP contribution >= 0.6 is 0 Å². The summed E-state index contributed by atoms with van der Waals surface area (Å²) in [6.45, 7) is 4.93. The summed E-state index contributed by atoms with van der Waals surface area (Å²) in [6, 6.07) is -0.572. The van der Waals surface area contributed by atoms with Gasteiger partial charge in [0.25, 0.3) is 6.43 Å². The third kappa shape index (κ3) is 4.00. The molecule has 0 radical (unpaired) electrons. The van der Waals surface area contributed by atoms with Crippen LogP contribution in [0.25, 0.3) is 0 Å². The predicted octanol–water partition coefficient (Wildman–Crippen LogP) is 3.84. The molecule has 0 aromatic rings. The molecule has 0 heterocycles. The van der Waals surface area contributed by atoms with Crippen LogP contribution in [0, 0.1) is 11.8 Å². The molecule has 1 aliphatic carbocycles. The lowest BCUT2D eigenvalue weighted by Gasteiger charge is -2.33. The van der Waals surface area contributed by atoms with Crippen LogP contribution in [-0.2, 0) is 0 Å². The Morgan fingerprint density at radius 3 is 2.19 bits per heavy atom. The van der Waals surface area contributed by atoms with Gasteiger partial charge in [-0.05, 0) is 37.6 Å². The van der Waals surface area contributed by atoms with Gasteiger partial charge in [0.2, 0.25) is 0 Å². The molecule has 1 fully saturated rings. The molecule has 96 valence electrons. The summed E-state index contributed by atoms with van der Waals surface area (Å²) in [6.07, 6.45) is 4.14. The maximum Gasteiger partial charge on any atom is 0.253 e. The zero-order chi connectivity index (χ0) is 12.0. The van der Waals surface area contributed by atoms with Gasteiger partial charge in [0, 0.05) is 0 Å². The van der Waals surface area contributed by atoms with Crippen molar-refractivity contribution in [3.8, 4) is 0 Å². The van der Waals surface area contributed by atoms with Crippen molar-refractivity contribution in [2.24, 2.45) is 11.8 Å². The number of hydrogen-bond acceptors (Lipinski definition) is 1. The van der Waals surface area contributed by atoms with Gasteiger partial charge in [-0.25, -0.2) is 8.78 Å². The highest BCUT2D eigenvalue weighted by Crippen LogP contribution is 2.33. The maximum atomic E-state index is 12.9. The second-order valence-corrected chi connectivity index (χ2v) is 5.00. The maximum absolute atomic E-state index is 12.9. The van der Waals surface area contributed by atoms with Gasteiger partial charge in [-0.2, -0.15) is 0 Å². The second kappa shape index (κ2) is 7.21. The van der Waals surface area contributed by atoms with Crippen molar-refractivity contribution in [2.45, 2.75) is 64.8 Å². The van der Waals surface area contributed by atoms with Crippen LogP contribution in [0.4, 0.5) is 8.78 Å². The third-order valence-electron chi connectivity index (χ3n) is 3.88. The first-order valence-corrected chi connectivity index (χ1v) is 6.70. The van der Waals surface area contributed by atoms with E-state index in [1.807, 2.05) is 6.92 Å². The van der Waals surface area contributed by atoms with Crippen molar-refractivity contribution < 1.29 is 8.78 Å². The van der Waals surface area contributed by atoms with Gasteiger partial charge in [-0.3, -0.25) is 0 Å². The molecule has 0 saturated heterocycles. The minimum absolute atomic E-state index is 0.189. The number of hydrogen-bond donors (Lipinski definition) is 1. The standard InChI is InChI=1S/C13H25F2N/c1-3-9-16-12(13(14)15)11-7-5-10(4-2)6-8-11/h10-13,16H,3-9H2,1-2H3. The molecule has 3 heteroatoms. The first-order valence-electron chi connectivity index (χ1n) is 6.70. The summed E-state index contributed by atoms with van der Waals surface area (Å²) in [5.74, 6) is 0.968. The number of nitrogens with one attached hydrogen (secondary N) is 1. The van der Waals surface area contributed by atoms with Crippen molar-refractivity contribution >= 4 is 0 Å². The molecule has 1 N–H and O–H groups in total. The highest BCUT2D eigenvalue weighted by atomic mass is 19.3. The number of halogens is 2. The van der Waals surface area contributed by atoms with Crippen molar-refractivity contribution in [1.29, 1.82) is 0 Å². The lowest BCUT2D eigenvalue weighted by Crippen LogP contribution is -2.43. The van der Waals surface area contributed by atoms with Gasteiger partial charge in [-0.15, -0.1) is 0 Å². The van der Waals surface area contributed by atoms with Crippen LogP contribution in [-0.4, -0.2) is 19.0 Å². The average Bonchev–Trinajstić information content (AvgIpc) is 2.30. The molecule has 0 bridgehead atoms. The average molecular weight is 233 g/mol. The van der Waals surface area contributed by atoms with Gasteiger partial charge in [0.15, 0.2) is 0 Å². The first-order chi connectivity index (χ1) is 7.69. The van der Waals surface area contributed by atoms with Crippen LogP contribution in [0.2, 0.25) is 0 Å². The molecular formula is C13H25F2N. The van der Waals surface area contributed by atoms with E-state index in [0.29, 0.717) is 6.54 Å². The SMILES string of the molecule is CCCNC(C(F)F)C1CCC(CC)CC1. The summed E-state index contributed by atoms with van der Waals surface area (Å²) in [5, 5.41) is 3.02. The molecule has 1 unspecified atom stereocenters. The lowest BCUT2D eigenvalue weighted by atomic mass is 9.77. The fourth-order valence-corrected chi connectivity index (χ4v) is 2.73. The second-order valence-electron chi connectivity index (χ2n) is 5.00. The Kier molecular flexibility index (Phi) is 6.25. The van der Waals surface area contributed by atoms with E-state index in [2.05, 4.69) is 12.2 Å². The summed E-state index contributed by atoms with van der Waals surface area (Å²) in [4.78, 5) is 0. The van der Waals surface area contributed by atoms with Gasteiger partial charge < -0.3 is 5.32 Å². The summed E-state index contributed by atoms with van der Waals surface area (Å²) < 4.78 is 25.8. The van der Waals surface area contributed by atoms with E-state index in [1.165, 1.54) is 6.42 Å². The fraction of sp³-hybridized carbons (Fsp3) is 1.00. The van der Waals surface area contributed by atoms with E-state index in [9.17, 15) is 8.78 Å². The van der Waals surface area contributed by atoms with Crippen LogP contribution in [0.15, 0.2) is 0 Å². The molecule has 0 spiro atoms. The highest BCUT2D eigenvalue weighted by molar-refractivity contribution is 4.83. The molecule has 16 heavy (non-hydrogen) atoms. The van der Waals surface area contributed by atoms with Gasteiger partial charge >= 0.3 is 0 Å². The quantitative estimate of drug-likeness (QED) is 0.735. The molecule has 1 aliphatic rings. The Bertz CT molecular complexity index is 177. The van der Waals surface area contributed by atoms with Crippen molar-refractivity contribution in [2.75, 3.05) is 6.54 Å². The zero-order valence-electron chi connectivity index (χ0n) is 10.5. The van der Waals surface area contributed by atoms with E-state index in [1.54, 1.807) is 0 Å². The van der Waals surface area contributed by atoms with Crippen LogP contribution in [0.1, 0.15) is 52.4 Å². The van der Waals surface area contributed by atoms with E-state index in [0.717, 1.165) is 38.0 Å². The molecule has 1 nitrogen and oxygen atoms in total. The summed E-state index contributed by atoms with van der Waals surface area (Å²) >= 11 is 0. The number of alkyl halides is 2. The molecular weight excluding hydrogens is 208 g/mol. The topological polar surface area (TPSA) is 12.0 Å². The van der Waals surface area contributed by atoms with Crippen molar-refractivity contribution in [3.05, 3.63) is 0 Å². The summed E-state index contributed by atoms with van der Waals surface area (Å²) in [5.41, 5.74) is 0. The Labute approximate surface area is 98.0 Å². The van der Waals surface area contributed by atoms with Crippen LogP contribution < -0.4 is 5.32 Å². The minimum atomic E-state index is -2.21. The van der Waals surface area contributed by atoms with E-state index in [-0.39, 0.29) is 5.92 Å². The molecule has 1 atom stereocenters. The normalized spacial score (nSPS) is 28.3. The van der Waals surface area contributed by atoms with Crippen molar-refractivity contribution in [3.63, 3.8) is 0 Å². The Morgan fingerprint density at radius 1 is 1.12 bits per heavy atom. The largest absolute Gasteiger partial charge is 0.309 e. The Hall–Kier alpha value is -0.180. The molecule has 0 aliphatic heterocycles. The molecule has 0 aromatic heterocycles. The molecule has 0 amide bonds.